The molecule has 0 unspecified atom stereocenters. The van der Waals surface area contributed by atoms with Gasteiger partial charge in [-0.15, -0.1) is 0 Å². The number of carbonyl (C=O) groups is 1. The predicted molar refractivity (Wildman–Crippen MR) is 96.4 cm³/mol. The van der Waals surface area contributed by atoms with Crippen LogP contribution < -0.4 is 14.8 Å². The summed E-state index contributed by atoms with van der Waals surface area (Å²) >= 11 is 0. The molecule has 1 aromatic heterocycles. The van der Waals surface area contributed by atoms with Gasteiger partial charge in [0.1, 0.15) is 18.1 Å². The molecular weight excluding hydrogens is 334 g/mol. The molecule has 3 aromatic rings. The van der Waals surface area contributed by atoms with Gasteiger partial charge in [0.25, 0.3) is 5.91 Å². The first-order valence-corrected chi connectivity index (χ1v) is 7.83. The summed E-state index contributed by atoms with van der Waals surface area (Å²) in [5.41, 5.74) is 1.64. The average molecular weight is 351 g/mol. The van der Waals surface area contributed by atoms with Crippen molar-refractivity contribution in [3.63, 3.8) is 0 Å². The lowest BCUT2D eigenvalue weighted by Gasteiger charge is -2.06. The number of nitrogens with one attached hydrogen (secondary N) is 1. The van der Waals surface area contributed by atoms with Crippen molar-refractivity contribution in [3.8, 4) is 22.8 Å². The van der Waals surface area contributed by atoms with Gasteiger partial charge in [-0.05, 0) is 58.8 Å². The van der Waals surface area contributed by atoms with Crippen LogP contribution in [0.4, 0.5) is 5.82 Å². The monoisotopic (exact) mass is 351 g/mol. The van der Waals surface area contributed by atoms with Crippen LogP contribution in [-0.2, 0) is 0 Å². The van der Waals surface area contributed by atoms with Crippen molar-refractivity contribution in [2.45, 2.75) is 0 Å². The maximum atomic E-state index is 12.4. The SMILES string of the molecule is C=CCOc1ccc(C(=O)Nc2nonc2-c2ccc(OC)cc2)cc1. The maximum Gasteiger partial charge on any atom is 0.256 e. The molecule has 132 valence electrons. The van der Waals surface area contributed by atoms with E-state index in [-0.39, 0.29) is 11.7 Å². The van der Waals surface area contributed by atoms with Crippen molar-refractivity contribution in [2.24, 2.45) is 0 Å². The van der Waals surface area contributed by atoms with E-state index in [9.17, 15) is 4.79 Å². The van der Waals surface area contributed by atoms with Crippen molar-refractivity contribution in [1.29, 1.82) is 0 Å². The minimum absolute atomic E-state index is 0.243. The van der Waals surface area contributed by atoms with E-state index >= 15 is 0 Å². The van der Waals surface area contributed by atoms with Crippen LogP contribution in [0.1, 0.15) is 10.4 Å². The molecule has 1 N–H and O–H groups in total. The van der Waals surface area contributed by atoms with Crippen LogP contribution in [0.5, 0.6) is 11.5 Å². The third-order valence-corrected chi connectivity index (χ3v) is 3.57. The predicted octanol–water partition coefficient (Wildman–Crippen LogP) is 3.56. The Morgan fingerprint density at radius 1 is 1.12 bits per heavy atom. The van der Waals surface area contributed by atoms with E-state index in [2.05, 4.69) is 22.2 Å². The highest BCUT2D eigenvalue weighted by Gasteiger charge is 2.16. The first-order chi connectivity index (χ1) is 12.7. The molecule has 7 heteroatoms. The molecule has 0 spiro atoms. The second-order valence-corrected chi connectivity index (χ2v) is 5.27. The van der Waals surface area contributed by atoms with Gasteiger partial charge < -0.3 is 14.8 Å². The maximum absolute atomic E-state index is 12.4. The lowest BCUT2D eigenvalue weighted by Crippen LogP contribution is -2.12. The quantitative estimate of drug-likeness (QED) is 0.655. The summed E-state index contributed by atoms with van der Waals surface area (Å²) < 4.78 is 15.3. The molecule has 2 aromatic carbocycles. The third-order valence-electron chi connectivity index (χ3n) is 3.57. The molecule has 1 amide bonds. The van der Waals surface area contributed by atoms with Crippen LogP contribution >= 0.6 is 0 Å². The van der Waals surface area contributed by atoms with Crippen LogP contribution in [-0.4, -0.2) is 29.9 Å². The number of hydrogen-bond acceptors (Lipinski definition) is 6. The summed E-state index contributed by atoms with van der Waals surface area (Å²) in [6, 6.07) is 13.9. The summed E-state index contributed by atoms with van der Waals surface area (Å²) in [5, 5.41) is 10.3. The van der Waals surface area contributed by atoms with E-state index in [4.69, 9.17) is 14.1 Å². The smallest absolute Gasteiger partial charge is 0.256 e. The van der Waals surface area contributed by atoms with E-state index in [0.717, 1.165) is 11.3 Å². The average Bonchev–Trinajstić information content (AvgIpc) is 3.15. The fourth-order valence-corrected chi connectivity index (χ4v) is 2.25. The first kappa shape index (κ1) is 17.2. The molecule has 0 aliphatic rings. The number of amides is 1. The van der Waals surface area contributed by atoms with Gasteiger partial charge in [0, 0.05) is 11.1 Å². The lowest BCUT2D eigenvalue weighted by molar-refractivity contribution is 0.102. The zero-order chi connectivity index (χ0) is 18.4. The Kier molecular flexibility index (Phi) is 5.28. The zero-order valence-corrected chi connectivity index (χ0v) is 14.1. The minimum atomic E-state index is -0.328. The van der Waals surface area contributed by atoms with Crippen molar-refractivity contribution in [1.82, 2.24) is 10.3 Å². The van der Waals surface area contributed by atoms with Crippen molar-refractivity contribution in [2.75, 3.05) is 19.0 Å². The molecule has 0 fully saturated rings. The Morgan fingerprint density at radius 2 is 1.81 bits per heavy atom. The third kappa shape index (κ3) is 3.89. The summed E-state index contributed by atoms with van der Waals surface area (Å²) in [6.07, 6.45) is 1.65. The van der Waals surface area contributed by atoms with Crippen LogP contribution in [0.2, 0.25) is 0 Å². The number of anilines is 1. The summed E-state index contributed by atoms with van der Waals surface area (Å²) in [7, 11) is 1.59. The van der Waals surface area contributed by atoms with Crippen LogP contribution in [0, 0.1) is 0 Å². The van der Waals surface area contributed by atoms with Crippen LogP contribution in [0.3, 0.4) is 0 Å². The molecule has 0 radical (unpaired) electrons. The van der Waals surface area contributed by atoms with E-state index in [0.29, 0.717) is 23.6 Å². The molecule has 26 heavy (non-hydrogen) atoms. The molecule has 3 rings (SSSR count). The molecule has 0 aliphatic heterocycles. The van der Waals surface area contributed by atoms with Crippen molar-refractivity contribution in [3.05, 3.63) is 66.7 Å². The van der Waals surface area contributed by atoms with Gasteiger partial charge >= 0.3 is 0 Å². The summed E-state index contributed by atoms with van der Waals surface area (Å²) in [4.78, 5) is 12.4. The fraction of sp³-hybridized carbons (Fsp3) is 0.105. The second kappa shape index (κ2) is 7.98. The van der Waals surface area contributed by atoms with E-state index in [1.807, 2.05) is 0 Å². The van der Waals surface area contributed by atoms with E-state index in [1.54, 1.807) is 61.7 Å². The van der Waals surface area contributed by atoms with Gasteiger partial charge in [-0.2, -0.15) is 0 Å². The molecule has 0 bridgehead atoms. The highest BCUT2D eigenvalue weighted by molar-refractivity contribution is 6.05. The van der Waals surface area contributed by atoms with Gasteiger partial charge in [0.2, 0.25) is 5.82 Å². The highest BCUT2D eigenvalue weighted by atomic mass is 16.6. The largest absolute Gasteiger partial charge is 0.497 e. The Morgan fingerprint density at radius 3 is 2.46 bits per heavy atom. The Bertz CT molecular complexity index is 886. The Balaban J connectivity index is 1.73. The number of rotatable bonds is 7. The molecule has 1 heterocycles. The van der Waals surface area contributed by atoms with Crippen molar-refractivity contribution >= 4 is 11.7 Å². The summed E-state index contributed by atoms with van der Waals surface area (Å²) in [6.45, 7) is 3.99. The normalized spacial score (nSPS) is 10.2. The van der Waals surface area contributed by atoms with Gasteiger partial charge in [0.15, 0.2) is 5.69 Å². The number of carbonyl (C=O) groups excluding carboxylic acids is 1. The molecule has 7 nitrogen and oxygen atoms in total. The molecule has 0 saturated carbocycles. The highest BCUT2D eigenvalue weighted by Crippen LogP contribution is 2.26. The first-order valence-electron chi connectivity index (χ1n) is 7.83. The van der Waals surface area contributed by atoms with Gasteiger partial charge in [0.05, 0.1) is 7.11 Å². The topological polar surface area (TPSA) is 86.5 Å². The van der Waals surface area contributed by atoms with E-state index in [1.165, 1.54) is 0 Å². The number of nitrogens with zero attached hydrogens (tertiary/aromatic N) is 2. The van der Waals surface area contributed by atoms with Crippen molar-refractivity contribution < 1.29 is 18.9 Å². The number of hydrogen-bond donors (Lipinski definition) is 1. The standard InChI is InChI=1S/C19H17N3O4/c1-3-12-25-16-10-6-14(7-11-16)19(23)20-18-17(21-26-22-18)13-4-8-15(24-2)9-5-13/h3-11H,1,12H2,2H3,(H,20,22,23). The van der Waals surface area contributed by atoms with Gasteiger partial charge in [-0.1, -0.05) is 12.7 Å². The Hall–Kier alpha value is -3.61. The molecular formula is C19H17N3O4. The number of methoxy groups -OCH3 is 1. The Labute approximate surface area is 150 Å². The van der Waals surface area contributed by atoms with Gasteiger partial charge in [-0.3, -0.25) is 4.79 Å². The van der Waals surface area contributed by atoms with Crippen LogP contribution in [0.25, 0.3) is 11.3 Å². The second-order valence-electron chi connectivity index (χ2n) is 5.27. The minimum Gasteiger partial charge on any atom is -0.497 e. The van der Waals surface area contributed by atoms with Crippen LogP contribution in [0.15, 0.2) is 65.8 Å². The zero-order valence-electron chi connectivity index (χ0n) is 14.1. The summed E-state index contributed by atoms with van der Waals surface area (Å²) in [5.74, 6) is 1.29. The van der Waals surface area contributed by atoms with E-state index < -0.39 is 0 Å². The molecule has 0 atom stereocenters. The number of benzene rings is 2. The molecule has 0 aliphatic carbocycles. The van der Waals surface area contributed by atoms with Gasteiger partial charge in [-0.25, -0.2) is 4.63 Å². The number of aromatic nitrogens is 2. The fourth-order valence-electron chi connectivity index (χ4n) is 2.25. The molecule has 0 saturated heterocycles. The number of ether oxygens (including phenoxy) is 2. The lowest BCUT2D eigenvalue weighted by atomic mass is 10.1.